The first kappa shape index (κ1) is 28.6. The average molecular weight is 565 g/mol. The number of hydrogen-bond donors (Lipinski definition) is 3. The highest BCUT2D eigenvalue weighted by molar-refractivity contribution is 6.34. The molecule has 3 aromatic carbocycles. The van der Waals surface area contributed by atoms with Crippen molar-refractivity contribution in [3.63, 3.8) is 0 Å². The van der Waals surface area contributed by atoms with Crippen LogP contribution in [0.2, 0.25) is 5.02 Å². The zero-order valence-corrected chi connectivity index (χ0v) is 22.8. The Balaban J connectivity index is 1.53. The predicted octanol–water partition coefficient (Wildman–Crippen LogP) is 4.03. The molecule has 0 spiro atoms. The van der Waals surface area contributed by atoms with Gasteiger partial charge in [0.05, 0.1) is 29.9 Å². The van der Waals surface area contributed by atoms with Crippen LogP contribution in [-0.4, -0.2) is 55.8 Å². The van der Waals surface area contributed by atoms with Crippen LogP contribution in [0.5, 0.6) is 11.5 Å². The van der Waals surface area contributed by atoms with E-state index in [0.717, 1.165) is 10.6 Å². The number of ether oxygens (including phenoxy) is 3. The molecule has 10 nitrogen and oxygen atoms in total. The fourth-order valence-corrected chi connectivity index (χ4v) is 4.16. The molecule has 0 radical (unpaired) electrons. The normalized spacial score (nSPS) is 10.8. The predicted molar refractivity (Wildman–Crippen MR) is 153 cm³/mol. The highest BCUT2D eigenvalue weighted by Crippen LogP contribution is 2.32. The number of carbonyl (C=O) groups excluding carboxylic acids is 2. The van der Waals surface area contributed by atoms with Crippen molar-refractivity contribution < 1.29 is 23.8 Å². The second kappa shape index (κ2) is 13.1. The van der Waals surface area contributed by atoms with Crippen molar-refractivity contribution in [3.05, 3.63) is 98.8 Å². The minimum Gasteiger partial charge on any atom is -0.493 e. The van der Waals surface area contributed by atoms with E-state index < -0.39 is 17.4 Å². The molecule has 0 unspecified atom stereocenters. The fraction of sp³-hybridized carbons (Fsp3) is 0.207. The summed E-state index contributed by atoms with van der Waals surface area (Å²) in [6.45, 7) is 0.953. The summed E-state index contributed by atoms with van der Waals surface area (Å²) in [5.74, 6) is 5.71. The zero-order valence-electron chi connectivity index (χ0n) is 22.0. The van der Waals surface area contributed by atoms with Crippen LogP contribution in [0.25, 0.3) is 10.9 Å². The summed E-state index contributed by atoms with van der Waals surface area (Å²) in [6, 6.07) is 18.8. The monoisotopic (exact) mass is 564 g/mol. The summed E-state index contributed by atoms with van der Waals surface area (Å²) in [5, 5.41) is 4.47. The number of rotatable bonds is 11. The number of H-pyrrole nitrogens is 1. The molecule has 0 atom stereocenters. The molecule has 4 rings (SSSR count). The lowest BCUT2D eigenvalue weighted by atomic mass is 10.1. The molecule has 1 heterocycles. The Labute approximate surface area is 235 Å². The molecule has 0 aliphatic heterocycles. The van der Waals surface area contributed by atoms with Crippen LogP contribution in [0.15, 0.2) is 71.5 Å². The number of carbonyl (C=O) groups is 2. The summed E-state index contributed by atoms with van der Waals surface area (Å²) in [6.07, 6.45) is 0.579. The largest absolute Gasteiger partial charge is 0.493 e. The van der Waals surface area contributed by atoms with Gasteiger partial charge < -0.3 is 24.5 Å². The van der Waals surface area contributed by atoms with Gasteiger partial charge in [-0.15, -0.1) is 0 Å². The Morgan fingerprint density at radius 3 is 2.50 bits per heavy atom. The molecule has 1 aromatic heterocycles. The summed E-state index contributed by atoms with van der Waals surface area (Å²) in [4.78, 5) is 41.5. The second-order valence-corrected chi connectivity index (χ2v) is 9.23. The molecule has 4 N–H and O–H groups in total. The number of nitrogens with one attached hydrogen (secondary N) is 2. The van der Waals surface area contributed by atoms with E-state index in [0.29, 0.717) is 42.0 Å². The van der Waals surface area contributed by atoms with Gasteiger partial charge in [0.1, 0.15) is 12.2 Å². The van der Waals surface area contributed by atoms with Gasteiger partial charge in [-0.05, 0) is 42.3 Å². The zero-order chi connectivity index (χ0) is 28.6. The molecule has 0 fully saturated rings. The maximum Gasteiger partial charge on any atom is 0.267 e. The summed E-state index contributed by atoms with van der Waals surface area (Å²) >= 11 is 6.31. The SMILES string of the molecule is COCCOc1cc2cc(C(=O)Nc3cc(C(=O)N(N)CCc4ccccc4)ccc3Cl)c(=O)[nH]c2cc1OC. The van der Waals surface area contributed by atoms with E-state index in [9.17, 15) is 14.4 Å². The molecule has 0 aliphatic rings. The highest BCUT2D eigenvalue weighted by Gasteiger charge is 2.18. The highest BCUT2D eigenvalue weighted by atomic mass is 35.5. The number of nitrogens with two attached hydrogens (primary N) is 1. The van der Waals surface area contributed by atoms with Crippen LogP contribution in [0.3, 0.4) is 0 Å². The number of hydrogen-bond acceptors (Lipinski definition) is 7. The van der Waals surface area contributed by atoms with Crippen LogP contribution >= 0.6 is 11.6 Å². The van der Waals surface area contributed by atoms with Crippen molar-refractivity contribution in [3.8, 4) is 11.5 Å². The molecule has 0 saturated heterocycles. The van der Waals surface area contributed by atoms with E-state index >= 15 is 0 Å². The van der Waals surface area contributed by atoms with Gasteiger partial charge >= 0.3 is 0 Å². The van der Waals surface area contributed by atoms with Gasteiger partial charge in [0, 0.05) is 30.7 Å². The second-order valence-electron chi connectivity index (χ2n) is 8.83. The van der Waals surface area contributed by atoms with Crippen LogP contribution in [-0.2, 0) is 11.2 Å². The number of benzene rings is 3. The summed E-state index contributed by atoms with van der Waals surface area (Å²) in [7, 11) is 3.05. The summed E-state index contributed by atoms with van der Waals surface area (Å²) in [5.41, 5.74) is 1.12. The van der Waals surface area contributed by atoms with Gasteiger partial charge in [0.2, 0.25) is 0 Å². The van der Waals surface area contributed by atoms with Crippen molar-refractivity contribution in [1.29, 1.82) is 0 Å². The van der Waals surface area contributed by atoms with Crippen molar-refractivity contribution in [2.45, 2.75) is 6.42 Å². The van der Waals surface area contributed by atoms with Crippen molar-refractivity contribution in [1.82, 2.24) is 9.99 Å². The molecular formula is C29H29ClN4O6. The number of anilines is 1. The molecule has 11 heteroatoms. The first-order chi connectivity index (χ1) is 19.3. The Morgan fingerprint density at radius 2 is 1.77 bits per heavy atom. The van der Waals surface area contributed by atoms with Gasteiger partial charge in [0.15, 0.2) is 11.5 Å². The first-order valence-electron chi connectivity index (χ1n) is 12.4. The van der Waals surface area contributed by atoms with Crippen molar-refractivity contribution in [2.24, 2.45) is 5.84 Å². The van der Waals surface area contributed by atoms with E-state index in [4.69, 9.17) is 31.7 Å². The van der Waals surface area contributed by atoms with Crippen LogP contribution < -0.4 is 26.2 Å². The van der Waals surface area contributed by atoms with E-state index in [1.165, 1.54) is 31.4 Å². The Hall–Kier alpha value is -4.38. The number of halogens is 1. The van der Waals surface area contributed by atoms with E-state index in [1.807, 2.05) is 30.3 Å². The molecular weight excluding hydrogens is 536 g/mol. The molecule has 0 saturated carbocycles. The van der Waals surface area contributed by atoms with E-state index in [2.05, 4.69) is 10.3 Å². The van der Waals surface area contributed by atoms with Crippen LogP contribution in [0.4, 0.5) is 5.69 Å². The lowest BCUT2D eigenvalue weighted by Gasteiger charge is -2.17. The third-order valence-corrected chi connectivity index (χ3v) is 6.45. The Kier molecular flexibility index (Phi) is 9.39. The minimum absolute atomic E-state index is 0.156. The van der Waals surface area contributed by atoms with Crippen LogP contribution in [0, 0.1) is 0 Å². The van der Waals surface area contributed by atoms with Gasteiger partial charge in [0.25, 0.3) is 17.4 Å². The number of nitrogens with zero attached hydrogens (tertiary/aromatic N) is 1. The third-order valence-electron chi connectivity index (χ3n) is 6.12. The maximum atomic E-state index is 13.1. The fourth-order valence-electron chi connectivity index (χ4n) is 4.00. The molecule has 2 amide bonds. The molecule has 208 valence electrons. The smallest absolute Gasteiger partial charge is 0.267 e. The van der Waals surface area contributed by atoms with Gasteiger partial charge in [-0.25, -0.2) is 5.84 Å². The third kappa shape index (κ3) is 6.78. The molecule has 4 aromatic rings. The Morgan fingerprint density at radius 1 is 1.00 bits per heavy atom. The lowest BCUT2D eigenvalue weighted by Crippen LogP contribution is -2.39. The van der Waals surface area contributed by atoms with Gasteiger partial charge in [-0.2, -0.15) is 0 Å². The molecule has 0 bridgehead atoms. The van der Waals surface area contributed by atoms with E-state index in [1.54, 1.807) is 19.2 Å². The number of pyridine rings is 1. The number of aromatic nitrogens is 1. The number of amides is 2. The molecule has 40 heavy (non-hydrogen) atoms. The topological polar surface area (TPSA) is 136 Å². The lowest BCUT2D eigenvalue weighted by molar-refractivity contribution is 0.0757. The average Bonchev–Trinajstić information content (AvgIpc) is 2.96. The number of fused-ring (bicyclic) bond motifs is 1. The van der Waals surface area contributed by atoms with E-state index in [-0.39, 0.29) is 28.4 Å². The van der Waals surface area contributed by atoms with Crippen molar-refractivity contribution in [2.75, 3.05) is 39.3 Å². The quantitative estimate of drug-likeness (QED) is 0.108. The standard InChI is InChI=1S/C29H29ClN4O6/c1-38-12-13-40-26-16-20-14-21(27(35)32-23(20)17-25(26)39-2)28(36)33-24-15-19(8-9-22(24)30)29(37)34(31)11-10-18-6-4-3-5-7-18/h3-9,14-17H,10-13,31H2,1-2H3,(H,32,35)(H,33,36). The number of methoxy groups -OCH3 is 2. The van der Waals surface area contributed by atoms with Gasteiger partial charge in [-0.3, -0.25) is 19.4 Å². The Bertz CT molecular complexity index is 1570. The van der Waals surface area contributed by atoms with Gasteiger partial charge in [-0.1, -0.05) is 41.9 Å². The maximum absolute atomic E-state index is 13.1. The molecule has 0 aliphatic carbocycles. The summed E-state index contributed by atoms with van der Waals surface area (Å²) < 4.78 is 16.1. The number of hydrazine groups is 1. The minimum atomic E-state index is -0.707. The first-order valence-corrected chi connectivity index (χ1v) is 12.8. The van der Waals surface area contributed by atoms with Crippen molar-refractivity contribution >= 4 is 40.0 Å². The van der Waals surface area contributed by atoms with Crippen LogP contribution in [0.1, 0.15) is 26.3 Å². The number of aromatic amines is 1.